The lowest BCUT2D eigenvalue weighted by atomic mass is 10.0. The van der Waals surface area contributed by atoms with Crippen molar-refractivity contribution in [1.29, 1.82) is 0 Å². The van der Waals surface area contributed by atoms with Crippen LogP contribution in [-0.2, 0) is 14.3 Å². The van der Waals surface area contributed by atoms with Gasteiger partial charge in [-0.1, -0.05) is 409 Å². The standard InChI is InChI=1S/C86H163NO5/c1-3-5-7-9-11-13-15-17-19-21-23-43-46-50-54-58-62-66-70-74-78-84(89)83(82-88)87-85(90)79-75-71-67-63-59-55-51-47-44-41-39-37-35-33-31-29-27-25-24-26-28-30-32-34-36-38-40-42-45-49-53-57-61-65-69-73-77-81-92-86(91)80-76-72-68-64-60-56-52-48-22-20-18-16-14-12-10-8-6-4-2/h20,22,24,26,30,32,74,78,83-84,88-89H,3-19,21,23,25,27-29,31,33-73,75-77,79-82H2,1-2H3,(H,87,90)/b22-20-,26-24-,32-30-,78-74+. The topological polar surface area (TPSA) is 95.9 Å². The van der Waals surface area contributed by atoms with Gasteiger partial charge in [0.05, 0.1) is 25.4 Å². The van der Waals surface area contributed by atoms with Crippen LogP contribution in [-0.4, -0.2) is 47.4 Å². The third kappa shape index (κ3) is 76.8. The van der Waals surface area contributed by atoms with Crippen molar-refractivity contribution in [3.8, 4) is 0 Å². The molecule has 0 rings (SSSR count). The molecule has 0 saturated heterocycles. The van der Waals surface area contributed by atoms with Crippen LogP contribution in [0.15, 0.2) is 48.6 Å². The lowest BCUT2D eigenvalue weighted by molar-refractivity contribution is -0.143. The molecule has 0 bridgehead atoms. The van der Waals surface area contributed by atoms with E-state index in [0.717, 1.165) is 51.4 Å². The molecule has 542 valence electrons. The van der Waals surface area contributed by atoms with Gasteiger partial charge in [-0.2, -0.15) is 0 Å². The summed E-state index contributed by atoms with van der Waals surface area (Å²) in [6, 6.07) is -0.627. The van der Waals surface area contributed by atoms with E-state index in [9.17, 15) is 19.8 Å². The summed E-state index contributed by atoms with van der Waals surface area (Å²) < 4.78 is 5.51. The van der Waals surface area contributed by atoms with Gasteiger partial charge in [-0.3, -0.25) is 9.59 Å². The van der Waals surface area contributed by atoms with Crippen molar-refractivity contribution in [3.05, 3.63) is 48.6 Å². The second-order valence-electron chi connectivity index (χ2n) is 28.8. The van der Waals surface area contributed by atoms with Crippen molar-refractivity contribution < 1.29 is 24.5 Å². The number of aliphatic hydroxyl groups excluding tert-OH is 2. The van der Waals surface area contributed by atoms with Crippen molar-refractivity contribution in [2.24, 2.45) is 0 Å². The van der Waals surface area contributed by atoms with Crippen molar-refractivity contribution in [3.63, 3.8) is 0 Å². The van der Waals surface area contributed by atoms with E-state index in [0.29, 0.717) is 19.4 Å². The van der Waals surface area contributed by atoms with Gasteiger partial charge in [0.25, 0.3) is 0 Å². The molecule has 92 heavy (non-hydrogen) atoms. The predicted molar refractivity (Wildman–Crippen MR) is 407 cm³/mol. The Hall–Kier alpha value is -2.18. The maximum absolute atomic E-state index is 12.5. The maximum atomic E-state index is 12.5. The molecule has 0 spiro atoms. The SMILES string of the molecule is CCCCCCCCC/C=C\CCCCCCCCCC(=O)OCCCCCCCCCCCCCCC/C=C\C/C=C\CCCCCCCCCCCCCCCCCCCC(=O)NC(CO)C(O)/C=C/CCCCCCCCCCCCCCCCCCCC. The Morgan fingerprint density at radius 3 is 0.837 bits per heavy atom. The number of allylic oxidation sites excluding steroid dienone is 7. The van der Waals surface area contributed by atoms with Crippen molar-refractivity contribution >= 4 is 11.9 Å². The first-order chi connectivity index (χ1) is 45.5. The largest absolute Gasteiger partial charge is 0.466 e. The monoisotopic (exact) mass is 1290 g/mol. The number of hydrogen-bond donors (Lipinski definition) is 3. The molecule has 2 unspecified atom stereocenters. The first-order valence-corrected chi connectivity index (χ1v) is 41.9. The van der Waals surface area contributed by atoms with Gasteiger partial charge < -0.3 is 20.3 Å². The van der Waals surface area contributed by atoms with Gasteiger partial charge in [-0.15, -0.1) is 0 Å². The lowest BCUT2D eigenvalue weighted by Gasteiger charge is -2.20. The van der Waals surface area contributed by atoms with Crippen LogP contribution in [0.5, 0.6) is 0 Å². The zero-order valence-electron chi connectivity index (χ0n) is 62.3. The highest BCUT2D eigenvalue weighted by molar-refractivity contribution is 5.76. The third-order valence-corrected chi connectivity index (χ3v) is 19.6. The molecule has 6 heteroatoms. The van der Waals surface area contributed by atoms with Gasteiger partial charge in [0.2, 0.25) is 5.91 Å². The fourth-order valence-corrected chi connectivity index (χ4v) is 13.2. The van der Waals surface area contributed by atoms with E-state index in [1.165, 1.54) is 385 Å². The quantitative estimate of drug-likeness (QED) is 0.0320. The van der Waals surface area contributed by atoms with E-state index in [2.05, 4.69) is 55.6 Å². The summed E-state index contributed by atoms with van der Waals surface area (Å²) in [5.74, 6) is -0.0448. The summed E-state index contributed by atoms with van der Waals surface area (Å²) in [6.45, 7) is 4.95. The first kappa shape index (κ1) is 89.8. The summed E-state index contributed by atoms with van der Waals surface area (Å²) in [6.07, 6.45) is 108. The molecule has 0 fully saturated rings. The number of carbonyl (C=O) groups excluding carboxylic acids is 2. The lowest BCUT2D eigenvalue weighted by Crippen LogP contribution is -2.45. The Kier molecular flexibility index (Phi) is 79.3. The summed E-state index contributed by atoms with van der Waals surface area (Å²) in [4.78, 5) is 24.7. The van der Waals surface area contributed by atoms with E-state index in [1.807, 2.05) is 6.08 Å². The van der Waals surface area contributed by atoms with E-state index < -0.39 is 12.1 Å². The van der Waals surface area contributed by atoms with E-state index in [4.69, 9.17) is 4.74 Å². The number of ether oxygens (including phenoxy) is 1. The summed E-state index contributed by atoms with van der Waals surface area (Å²) in [5.41, 5.74) is 0. The number of nitrogens with one attached hydrogen (secondary N) is 1. The molecule has 0 aliphatic rings. The average Bonchev–Trinajstić information content (AvgIpc) is 3.77. The number of aliphatic hydroxyl groups is 2. The van der Waals surface area contributed by atoms with Crippen LogP contribution in [0.3, 0.4) is 0 Å². The van der Waals surface area contributed by atoms with Crippen molar-refractivity contribution in [2.45, 2.75) is 475 Å². The molecule has 0 saturated carbocycles. The minimum absolute atomic E-state index is 0.0163. The molecule has 2 atom stereocenters. The molecule has 6 nitrogen and oxygen atoms in total. The van der Waals surface area contributed by atoms with Gasteiger partial charge in [-0.25, -0.2) is 0 Å². The zero-order chi connectivity index (χ0) is 66.3. The van der Waals surface area contributed by atoms with Crippen LogP contribution >= 0.6 is 0 Å². The van der Waals surface area contributed by atoms with Gasteiger partial charge in [0.1, 0.15) is 0 Å². The Bertz CT molecular complexity index is 1540. The van der Waals surface area contributed by atoms with Gasteiger partial charge in [0.15, 0.2) is 0 Å². The third-order valence-electron chi connectivity index (χ3n) is 19.6. The maximum Gasteiger partial charge on any atom is 0.305 e. The van der Waals surface area contributed by atoms with Crippen LogP contribution in [0.1, 0.15) is 463 Å². The summed E-state index contributed by atoms with van der Waals surface area (Å²) in [5, 5.41) is 23.3. The van der Waals surface area contributed by atoms with E-state index in [-0.39, 0.29) is 18.5 Å². The number of rotatable bonds is 79. The Labute approximate surface area is 576 Å². The fraction of sp³-hybridized carbons (Fsp3) is 0.884. The Morgan fingerprint density at radius 2 is 0.543 bits per heavy atom. The number of unbranched alkanes of at least 4 members (excludes halogenated alkanes) is 62. The van der Waals surface area contributed by atoms with Crippen LogP contribution in [0.2, 0.25) is 0 Å². The van der Waals surface area contributed by atoms with Crippen molar-refractivity contribution in [1.82, 2.24) is 5.32 Å². The molecule has 0 aromatic rings. The Balaban J connectivity index is 3.37. The Morgan fingerprint density at radius 1 is 0.304 bits per heavy atom. The summed E-state index contributed by atoms with van der Waals surface area (Å²) in [7, 11) is 0. The molecular formula is C86H163NO5. The second-order valence-corrected chi connectivity index (χ2v) is 28.8. The fourth-order valence-electron chi connectivity index (χ4n) is 13.2. The molecular weight excluding hydrogens is 1130 g/mol. The smallest absolute Gasteiger partial charge is 0.305 e. The van der Waals surface area contributed by atoms with E-state index in [1.54, 1.807) is 6.08 Å². The predicted octanol–water partition coefficient (Wildman–Crippen LogP) is 27.9. The molecule has 0 heterocycles. The van der Waals surface area contributed by atoms with Crippen LogP contribution < -0.4 is 5.32 Å². The minimum Gasteiger partial charge on any atom is -0.466 e. The molecule has 0 aromatic carbocycles. The minimum atomic E-state index is -0.844. The molecule has 0 radical (unpaired) electrons. The average molecular weight is 1290 g/mol. The van der Waals surface area contributed by atoms with E-state index >= 15 is 0 Å². The molecule has 0 aliphatic heterocycles. The van der Waals surface area contributed by atoms with Crippen molar-refractivity contribution in [2.75, 3.05) is 13.2 Å². The summed E-state index contributed by atoms with van der Waals surface area (Å²) >= 11 is 0. The number of carbonyl (C=O) groups is 2. The number of hydrogen-bond acceptors (Lipinski definition) is 5. The van der Waals surface area contributed by atoms with Crippen LogP contribution in [0, 0.1) is 0 Å². The highest BCUT2D eigenvalue weighted by Crippen LogP contribution is 2.20. The molecule has 3 N–H and O–H groups in total. The van der Waals surface area contributed by atoms with Gasteiger partial charge in [0, 0.05) is 12.8 Å². The van der Waals surface area contributed by atoms with Gasteiger partial charge in [-0.05, 0) is 89.9 Å². The highest BCUT2D eigenvalue weighted by Gasteiger charge is 2.18. The number of amides is 1. The molecule has 1 amide bonds. The highest BCUT2D eigenvalue weighted by atomic mass is 16.5. The van der Waals surface area contributed by atoms with Crippen LogP contribution in [0.25, 0.3) is 0 Å². The van der Waals surface area contributed by atoms with Gasteiger partial charge >= 0.3 is 5.97 Å². The molecule has 0 aliphatic carbocycles. The molecule has 0 aromatic heterocycles. The normalized spacial score (nSPS) is 12.7. The number of esters is 1. The van der Waals surface area contributed by atoms with Crippen LogP contribution in [0.4, 0.5) is 0 Å². The first-order valence-electron chi connectivity index (χ1n) is 41.9. The zero-order valence-corrected chi connectivity index (χ0v) is 62.3. The second kappa shape index (κ2) is 81.2.